The van der Waals surface area contributed by atoms with E-state index in [1.54, 1.807) is 13.0 Å². The van der Waals surface area contributed by atoms with Gasteiger partial charge in [-0.25, -0.2) is 8.42 Å². The number of hydrogen-bond acceptors (Lipinski definition) is 4. The number of ether oxygens (including phenoxy) is 1. The van der Waals surface area contributed by atoms with Crippen molar-refractivity contribution in [2.24, 2.45) is 0 Å². The van der Waals surface area contributed by atoms with Crippen LogP contribution in [-0.4, -0.2) is 27.5 Å². The van der Waals surface area contributed by atoms with Gasteiger partial charge < -0.3 is 10.1 Å². The Morgan fingerprint density at radius 2 is 1.65 bits per heavy atom. The van der Waals surface area contributed by atoms with Crippen LogP contribution in [0, 0.1) is 20.8 Å². The van der Waals surface area contributed by atoms with Gasteiger partial charge in [0.05, 0.1) is 18.0 Å². The first kappa shape index (κ1) is 19.9. The zero-order chi connectivity index (χ0) is 19.5. The molecule has 0 aliphatic carbocycles. The van der Waals surface area contributed by atoms with E-state index in [1.165, 1.54) is 26.2 Å². The Balaban J connectivity index is 2.13. The van der Waals surface area contributed by atoms with E-state index in [-0.39, 0.29) is 4.90 Å². The maximum Gasteiger partial charge on any atom is 0.242 e. The molecule has 2 aromatic rings. The number of sulfonamides is 1. The molecule has 0 bridgehead atoms. The van der Waals surface area contributed by atoms with E-state index in [2.05, 4.69) is 10.0 Å². The third-order valence-electron chi connectivity index (χ3n) is 3.89. The first-order chi connectivity index (χ1) is 12.1. The third kappa shape index (κ3) is 4.83. The topological polar surface area (TPSA) is 84.5 Å². The summed E-state index contributed by atoms with van der Waals surface area (Å²) in [7, 11) is -2.31. The molecule has 1 amide bonds. The molecule has 1 atom stereocenters. The molecule has 0 spiro atoms. The second-order valence-electron chi connectivity index (χ2n) is 6.34. The highest BCUT2D eigenvalue weighted by atomic mass is 32.2. The van der Waals surface area contributed by atoms with Crippen LogP contribution < -0.4 is 14.8 Å². The molecule has 6 nitrogen and oxygen atoms in total. The van der Waals surface area contributed by atoms with Crippen LogP contribution in [0.4, 0.5) is 5.69 Å². The summed E-state index contributed by atoms with van der Waals surface area (Å²) >= 11 is 0. The Morgan fingerprint density at radius 1 is 1.04 bits per heavy atom. The van der Waals surface area contributed by atoms with Gasteiger partial charge in [0.2, 0.25) is 15.9 Å². The molecule has 140 valence electrons. The van der Waals surface area contributed by atoms with Crippen LogP contribution in [0.3, 0.4) is 0 Å². The zero-order valence-electron chi connectivity index (χ0n) is 15.6. The second-order valence-corrected chi connectivity index (χ2v) is 8.05. The summed E-state index contributed by atoms with van der Waals surface area (Å²) in [6.07, 6.45) is 0. The van der Waals surface area contributed by atoms with Crippen molar-refractivity contribution < 1.29 is 17.9 Å². The van der Waals surface area contributed by atoms with E-state index in [0.29, 0.717) is 17.0 Å². The Labute approximate surface area is 154 Å². The number of carbonyl (C=O) groups is 1. The van der Waals surface area contributed by atoms with Crippen molar-refractivity contribution in [3.63, 3.8) is 0 Å². The van der Waals surface area contributed by atoms with Crippen molar-refractivity contribution in [1.29, 1.82) is 0 Å². The van der Waals surface area contributed by atoms with Crippen LogP contribution in [-0.2, 0) is 14.8 Å². The SMILES string of the molecule is COc1ccc(S(=O)(=O)N[C@H](C)C(=O)Nc2cc(C)cc(C)c2)cc1C. The first-order valence-electron chi connectivity index (χ1n) is 8.18. The van der Waals surface area contributed by atoms with Gasteiger partial charge in [0, 0.05) is 5.69 Å². The highest BCUT2D eigenvalue weighted by Crippen LogP contribution is 2.21. The van der Waals surface area contributed by atoms with Crippen molar-refractivity contribution in [2.45, 2.75) is 38.6 Å². The fourth-order valence-corrected chi connectivity index (χ4v) is 3.96. The zero-order valence-corrected chi connectivity index (χ0v) is 16.4. The number of benzene rings is 2. The van der Waals surface area contributed by atoms with E-state index in [4.69, 9.17) is 4.74 Å². The predicted octanol–water partition coefficient (Wildman–Crippen LogP) is 2.93. The van der Waals surface area contributed by atoms with Gasteiger partial charge in [-0.2, -0.15) is 4.72 Å². The van der Waals surface area contributed by atoms with Crippen LogP contribution in [0.5, 0.6) is 5.75 Å². The molecule has 0 radical (unpaired) electrons. The van der Waals surface area contributed by atoms with Crippen molar-refractivity contribution in [3.8, 4) is 5.75 Å². The molecule has 7 heteroatoms. The predicted molar refractivity (Wildman–Crippen MR) is 102 cm³/mol. The number of carbonyl (C=O) groups excluding carboxylic acids is 1. The number of hydrogen-bond donors (Lipinski definition) is 2. The molecule has 2 aromatic carbocycles. The fraction of sp³-hybridized carbons (Fsp3) is 0.316. The van der Waals surface area contributed by atoms with Gasteiger partial charge in [0.1, 0.15) is 5.75 Å². The van der Waals surface area contributed by atoms with E-state index in [1.807, 2.05) is 32.0 Å². The monoisotopic (exact) mass is 376 g/mol. The minimum absolute atomic E-state index is 0.0850. The fourth-order valence-electron chi connectivity index (χ4n) is 2.67. The minimum atomic E-state index is -3.83. The summed E-state index contributed by atoms with van der Waals surface area (Å²) in [6.45, 7) is 7.13. The Morgan fingerprint density at radius 3 is 2.19 bits per heavy atom. The summed E-state index contributed by atoms with van der Waals surface area (Å²) < 4.78 is 32.6. The van der Waals surface area contributed by atoms with Crippen LogP contribution in [0.25, 0.3) is 0 Å². The maximum absolute atomic E-state index is 12.5. The quantitative estimate of drug-likeness (QED) is 0.812. The molecular weight excluding hydrogens is 352 g/mol. The lowest BCUT2D eigenvalue weighted by molar-refractivity contribution is -0.117. The molecule has 0 heterocycles. The summed E-state index contributed by atoms with van der Waals surface area (Å²) in [4.78, 5) is 12.4. The summed E-state index contributed by atoms with van der Waals surface area (Å²) in [6, 6.07) is 9.28. The standard InChI is InChI=1S/C19H24N2O4S/c1-12-8-13(2)10-16(9-12)20-19(22)15(4)21-26(23,24)17-6-7-18(25-5)14(3)11-17/h6-11,15,21H,1-5H3,(H,20,22)/t15-/m1/s1. The lowest BCUT2D eigenvalue weighted by Crippen LogP contribution is -2.41. The lowest BCUT2D eigenvalue weighted by atomic mass is 10.1. The largest absolute Gasteiger partial charge is 0.496 e. The molecule has 0 aliphatic rings. The molecule has 2 rings (SSSR count). The van der Waals surface area contributed by atoms with Gasteiger partial charge >= 0.3 is 0 Å². The van der Waals surface area contributed by atoms with E-state index >= 15 is 0 Å². The third-order valence-corrected chi connectivity index (χ3v) is 5.43. The Kier molecular flexibility index (Phi) is 6.05. The molecular formula is C19H24N2O4S. The average molecular weight is 376 g/mol. The van der Waals surface area contributed by atoms with Crippen molar-refractivity contribution >= 4 is 21.6 Å². The molecule has 0 saturated heterocycles. The van der Waals surface area contributed by atoms with Crippen molar-refractivity contribution in [2.75, 3.05) is 12.4 Å². The van der Waals surface area contributed by atoms with Crippen molar-refractivity contribution in [3.05, 3.63) is 53.1 Å². The first-order valence-corrected chi connectivity index (χ1v) is 9.67. The van der Waals surface area contributed by atoms with E-state index in [9.17, 15) is 13.2 Å². The summed E-state index contributed by atoms with van der Waals surface area (Å²) in [5.41, 5.74) is 3.37. The van der Waals surface area contributed by atoms with Crippen LogP contribution in [0.2, 0.25) is 0 Å². The van der Waals surface area contributed by atoms with E-state index < -0.39 is 22.0 Å². The summed E-state index contributed by atoms with van der Waals surface area (Å²) in [5.74, 6) is 0.174. The second kappa shape index (κ2) is 7.88. The van der Waals surface area contributed by atoms with Gasteiger partial charge in [-0.3, -0.25) is 4.79 Å². The highest BCUT2D eigenvalue weighted by Gasteiger charge is 2.22. The average Bonchev–Trinajstić information content (AvgIpc) is 2.53. The number of anilines is 1. The van der Waals surface area contributed by atoms with Gasteiger partial charge in [0.15, 0.2) is 0 Å². The number of aryl methyl sites for hydroxylation is 3. The lowest BCUT2D eigenvalue weighted by Gasteiger charge is -2.16. The van der Waals surface area contributed by atoms with Crippen LogP contribution in [0.15, 0.2) is 41.3 Å². The normalized spacial score (nSPS) is 12.5. The Bertz CT molecular complexity index is 903. The van der Waals surface area contributed by atoms with E-state index in [0.717, 1.165) is 11.1 Å². The van der Waals surface area contributed by atoms with Crippen LogP contribution in [0.1, 0.15) is 23.6 Å². The van der Waals surface area contributed by atoms with Crippen LogP contribution >= 0.6 is 0 Å². The smallest absolute Gasteiger partial charge is 0.242 e. The number of amides is 1. The van der Waals surface area contributed by atoms with Gasteiger partial charge in [0.25, 0.3) is 0 Å². The highest BCUT2D eigenvalue weighted by molar-refractivity contribution is 7.89. The maximum atomic E-state index is 12.5. The van der Waals surface area contributed by atoms with Crippen molar-refractivity contribution in [1.82, 2.24) is 4.72 Å². The number of methoxy groups -OCH3 is 1. The molecule has 0 aromatic heterocycles. The minimum Gasteiger partial charge on any atom is -0.496 e. The molecule has 0 unspecified atom stereocenters. The molecule has 0 aliphatic heterocycles. The number of nitrogens with one attached hydrogen (secondary N) is 2. The molecule has 0 saturated carbocycles. The summed E-state index contributed by atoms with van der Waals surface area (Å²) in [5, 5.41) is 2.74. The molecule has 26 heavy (non-hydrogen) atoms. The van der Waals surface area contributed by atoms with Gasteiger partial charge in [-0.05, 0) is 74.7 Å². The number of rotatable bonds is 6. The Hall–Kier alpha value is -2.38. The van der Waals surface area contributed by atoms with Gasteiger partial charge in [-0.1, -0.05) is 6.07 Å². The van der Waals surface area contributed by atoms with Gasteiger partial charge in [-0.15, -0.1) is 0 Å². The molecule has 0 fully saturated rings. The molecule has 2 N–H and O–H groups in total.